The van der Waals surface area contributed by atoms with Crippen molar-refractivity contribution in [2.45, 2.75) is 26.4 Å². The van der Waals surface area contributed by atoms with E-state index < -0.39 is 0 Å². The van der Waals surface area contributed by atoms with Gasteiger partial charge >= 0.3 is 6.03 Å². The van der Waals surface area contributed by atoms with E-state index in [1.165, 1.54) is 17.2 Å². The molecule has 1 aromatic carbocycles. The lowest BCUT2D eigenvalue weighted by atomic mass is 10.2. The van der Waals surface area contributed by atoms with Gasteiger partial charge in [-0.2, -0.15) is 11.8 Å². The van der Waals surface area contributed by atoms with Crippen molar-refractivity contribution >= 4 is 23.5 Å². The number of hydrogen-bond acceptors (Lipinski definition) is 3. The molecule has 0 spiro atoms. The first kappa shape index (κ1) is 15.0. The highest BCUT2D eigenvalue weighted by atomic mass is 32.2. The molecule has 1 fully saturated rings. The number of urea groups is 1. The summed E-state index contributed by atoms with van der Waals surface area (Å²) in [6.07, 6.45) is 0. The van der Waals surface area contributed by atoms with Gasteiger partial charge in [-0.25, -0.2) is 4.79 Å². The predicted octanol–water partition coefficient (Wildman–Crippen LogP) is 2.45. The summed E-state index contributed by atoms with van der Waals surface area (Å²) in [4.78, 5) is 13.9. The van der Waals surface area contributed by atoms with Gasteiger partial charge in [-0.15, -0.1) is 0 Å². The molecule has 1 aliphatic rings. The monoisotopic (exact) mass is 293 g/mol. The molecule has 0 atom stereocenters. The first-order valence-electron chi connectivity index (χ1n) is 7.11. The molecule has 0 bridgehead atoms. The molecule has 4 nitrogen and oxygen atoms in total. The quantitative estimate of drug-likeness (QED) is 0.896. The van der Waals surface area contributed by atoms with E-state index in [0.717, 1.165) is 18.7 Å². The minimum Gasteiger partial charge on any atom is -0.370 e. The number of rotatable bonds is 4. The highest BCUT2D eigenvalue weighted by Crippen LogP contribution is 2.19. The van der Waals surface area contributed by atoms with Crippen LogP contribution in [0.2, 0.25) is 0 Å². The van der Waals surface area contributed by atoms with Gasteiger partial charge in [0.25, 0.3) is 0 Å². The van der Waals surface area contributed by atoms with Crippen molar-refractivity contribution in [1.29, 1.82) is 0 Å². The molecule has 0 aromatic heterocycles. The molecule has 0 unspecified atom stereocenters. The Labute approximate surface area is 125 Å². The second-order valence-corrected chi connectivity index (χ2v) is 6.47. The zero-order chi connectivity index (χ0) is 14.4. The van der Waals surface area contributed by atoms with Crippen LogP contribution in [0.1, 0.15) is 19.4 Å². The minimum absolute atomic E-state index is 0.114. The summed E-state index contributed by atoms with van der Waals surface area (Å²) >= 11 is 2.02. The van der Waals surface area contributed by atoms with E-state index in [0.29, 0.717) is 6.54 Å². The van der Waals surface area contributed by atoms with E-state index in [1.54, 1.807) is 0 Å². The number of nitrogens with zero attached hydrogens (tertiary/aromatic N) is 1. The third-order valence-electron chi connectivity index (χ3n) is 3.19. The van der Waals surface area contributed by atoms with Crippen LogP contribution in [0.3, 0.4) is 0 Å². The number of nitrogens with one attached hydrogen (secondary N) is 2. The molecular formula is C15H23N3OS. The third-order valence-corrected chi connectivity index (χ3v) is 4.13. The molecule has 0 aliphatic carbocycles. The van der Waals surface area contributed by atoms with Crippen LogP contribution in [0.25, 0.3) is 0 Å². The van der Waals surface area contributed by atoms with Gasteiger partial charge in [-0.1, -0.05) is 12.1 Å². The summed E-state index contributed by atoms with van der Waals surface area (Å²) in [5.41, 5.74) is 2.40. The Hall–Kier alpha value is -1.36. The van der Waals surface area contributed by atoms with Crippen molar-refractivity contribution in [2.75, 3.05) is 29.5 Å². The average Bonchev–Trinajstić information content (AvgIpc) is 2.46. The van der Waals surface area contributed by atoms with Gasteiger partial charge in [0.1, 0.15) is 0 Å². The Bertz CT molecular complexity index is 427. The molecule has 2 amide bonds. The van der Waals surface area contributed by atoms with E-state index in [4.69, 9.17) is 0 Å². The number of thioether (sulfide) groups is 1. The number of carbonyl (C=O) groups excluding carboxylic acids is 1. The molecule has 1 aromatic rings. The second-order valence-electron chi connectivity index (χ2n) is 5.25. The maximum atomic E-state index is 11.5. The van der Waals surface area contributed by atoms with Gasteiger partial charge in [0, 0.05) is 42.9 Å². The lowest BCUT2D eigenvalue weighted by molar-refractivity contribution is 0.238. The molecule has 1 saturated heterocycles. The number of carbonyl (C=O) groups is 1. The van der Waals surface area contributed by atoms with Gasteiger partial charge < -0.3 is 15.5 Å². The molecule has 5 heteroatoms. The fourth-order valence-corrected chi connectivity index (χ4v) is 3.04. The van der Waals surface area contributed by atoms with Crippen molar-refractivity contribution in [2.24, 2.45) is 0 Å². The maximum absolute atomic E-state index is 11.5. The normalized spacial score (nSPS) is 15.2. The number of amides is 2. The van der Waals surface area contributed by atoms with Crippen molar-refractivity contribution in [3.8, 4) is 0 Å². The Morgan fingerprint density at radius 2 is 1.90 bits per heavy atom. The fourth-order valence-electron chi connectivity index (χ4n) is 2.14. The lowest BCUT2D eigenvalue weighted by Crippen LogP contribution is -2.39. The van der Waals surface area contributed by atoms with Gasteiger partial charge in [0.05, 0.1) is 0 Å². The number of benzene rings is 1. The summed E-state index contributed by atoms with van der Waals surface area (Å²) in [7, 11) is 0. The fraction of sp³-hybridized carbons (Fsp3) is 0.533. The zero-order valence-corrected chi connectivity index (χ0v) is 13.0. The maximum Gasteiger partial charge on any atom is 0.315 e. The Morgan fingerprint density at radius 1 is 1.25 bits per heavy atom. The summed E-state index contributed by atoms with van der Waals surface area (Å²) in [5.74, 6) is 2.41. The number of hydrogen-bond donors (Lipinski definition) is 2. The molecule has 1 heterocycles. The molecule has 0 saturated carbocycles. The molecule has 0 radical (unpaired) electrons. The predicted molar refractivity (Wildman–Crippen MR) is 86.5 cm³/mol. The van der Waals surface area contributed by atoms with E-state index in [9.17, 15) is 4.79 Å². The molecule has 20 heavy (non-hydrogen) atoms. The summed E-state index contributed by atoms with van der Waals surface area (Å²) < 4.78 is 0. The molecule has 2 rings (SSSR count). The number of anilines is 1. The summed E-state index contributed by atoms with van der Waals surface area (Å²) in [6, 6.07) is 8.52. The standard InChI is InChI=1S/C15H23N3OS/c1-12(2)17-15(19)16-11-13-3-5-14(6-4-13)18-7-9-20-10-8-18/h3-6,12H,7-11H2,1-2H3,(H2,16,17,19). The average molecular weight is 293 g/mol. The zero-order valence-electron chi connectivity index (χ0n) is 12.2. The first-order chi connectivity index (χ1) is 9.65. The van der Waals surface area contributed by atoms with Crippen LogP contribution in [-0.2, 0) is 6.54 Å². The van der Waals surface area contributed by atoms with Crippen molar-refractivity contribution in [1.82, 2.24) is 10.6 Å². The van der Waals surface area contributed by atoms with Crippen molar-refractivity contribution in [3.63, 3.8) is 0 Å². The van der Waals surface area contributed by atoms with Crippen molar-refractivity contribution in [3.05, 3.63) is 29.8 Å². The first-order valence-corrected chi connectivity index (χ1v) is 8.26. The lowest BCUT2D eigenvalue weighted by Gasteiger charge is -2.28. The molecule has 1 aliphatic heterocycles. The third kappa shape index (κ3) is 4.63. The van der Waals surface area contributed by atoms with E-state index in [-0.39, 0.29) is 12.1 Å². The largest absolute Gasteiger partial charge is 0.370 e. The van der Waals surface area contributed by atoms with Crippen LogP contribution in [-0.4, -0.2) is 36.7 Å². The Morgan fingerprint density at radius 3 is 2.50 bits per heavy atom. The second kappa shape index (κ2) is 7.43. The van der Waals surface area contributed by atoms with E-state index >= 15 is 0 Å². The van der Waals surface area contributed by atoms with Gasteiger partial charge in [-0.05, 0) is 31.5 Å². The van der Waals surface area contributed by atoms with E-state index in [1.807, 2.05) is 25.6 Å². The molecule has 110 valence electrons. The van der Waals surface area contributed by atoms with Crippen LogP contribution >= 0.6 is 11.8 Å². The van der Waals surface area contributed by atoms with Gasteiger partial charge in [0.15, 0.2) is 0 Å². The van der Waals surface area contributed by atoms with Crippen LogP contribution in [0.15, 0.2) is 24.3 Å². The topological polar surface area (TPSA) is 44.4 Å². The van der Waals surface area contributed by atoms with Crippen LogP contribution in [0.5, 0.6) is 0 Å². The minimum atomic E-state index is -0.114. The summed E-state index contributed by atoms with van der Waals surface area (Å²) in [6.45, 7) is 6.71. The highest BCUT2D eigenvalue weighted by Gasteiger charge is 2.10. The van der Waals surface area contributed by atoms with Gasteiger partial charge in [-0.3, -0.25) is 0 Å². The van der Waals surface area contributed by atoms with Crippen LogP contribution in [0, 0.1) is 0 Å². The highest BCUT2D eigenvalue weighted by molar-refractivity contribution is 7.99. The molecular weight excluding hydrogens is 270 g/mol. The smallest absolute Gasteiger partial charge is 0.315 e. The summed E-state index contributed by atoms with van der Waals surface area (Å²) in [5, 5.41) is 5.68. The Kier molecular flexibility index (Phi) is 5.59. The SMILES string of the molecule is CC(C)NC(=O)NCc1ccc(N2CCSCC2)cc1. The van der Waals surface area contributed by atoms with E-state index in [2.05, 4.69) is 39.8 Å². The Balaban J connectivity index is 1.83. The van der Waals surface area contributed by atoms with Crippen LogP contribution in [0.4, 0.5) is 10.5 Å². The molecule has 2 N–H and O–H groups in total. The van der Waals surface area contributed by atoms with Crippen molar-refractivity contribution < 1.29 is 4.79 Å². The van der Waals surface area contributed by atoms with Crippen LogP contribution < -0.4 is 15.5 Å². The van der Waals surface area contributed by atoms with Gasteiger partial charge in [0.2, 0.25) is 0 Å².